The number of aryl methyl sites for hydroxylation is 2. The first-order valence-corrected chi connectivity index (χ1v) is 6.78. The quantitative estimate of drug-likeness (QED) is 0.707. The number of benzene rings is 1. The summed E-state index contributed by atoms with van der Waals surface area (Å²) in [6, 6.07) is 6.51. The van der Waals surface area contributed by atoms with Crippen LogP contribution in [-0.4, -0.2) is 32.1 Å². The Balaban J connectivity index is 2.57. The molecule has 3 heteroatoms. The predicted octanol–water partition coefficient (Wildman–Crippen LogP) is 3.09. The van der Waals surface area contributed by atoms with Crippen LogP contribution in [0.5, 0.6) is 5.75 Å². The Bertz CT molecular complexity index is 449. The van der Waals surface area contributed by atoms with Crippen molar-refractivity contribution in [3.05, 3.63) is 28.8 Å². The summed E-state index contributed by atoms with van der Waals surface area (Å²) in [5, 5.41) is 8.53. The molecule has 0 N–H and O–H groups in total. The second-order valence-electron chi connectivity index (χ2n) is 5.06. The van der Waals surface area contributed by atoms with E-state index in [0.29, 0.717) is 6.42 Å². The Kier molecular flexibility index (Phi) is 6.38. The van der Waals surface area contributed by atoms with Crippen molar-refractivity contribution in [1.29, 1.82) is 5.26 Å². The van der Waals surface area contributed by atoms with Gasteiger partial charge in [-0.1, -0.05) is 6.07 Å². The molecule has 0 heterocycles. The highest BCUT2D eigenvalue weighted by atomic mass is 16.5. The molecule has 104 valence electrons. The van der Waals surface area contributed by atoms with Crippen molar-refractivity contribution in [3.8, 4) is 11.8 Å². The molecule has 0 bridgehead atoms. The van der Waals surface area contributed by atoms with E-state index in [0.717, 1.165) is 31.7 Å². The number of likely N-dealkylation sites (N-methyl/N-ethyl adjacent to an activating group) is 1. The minimum absolute atomic E-state index is 0.636. The summed E-state index contributed by atoms with van der Waals surface area (Å²) in [4.78, 5) is 2.27. The van der Waals surface area contributed by atoms with Gasteiger partial charge in [0.15, 0.2) is 0 Å². The maximum absolute atomic E-state index is 8.53. The third-order valence-electron chi connectivity index (χ3n) is 3.49. The van der Waals surface area contributed by atoms with Crippen molar-refractivity contribution < 1.29 is 4.74 Å². The highest BCUT2D eigenvalue weighted by Gasteiger charge is 2.07. The molecular weight excluding hydrogens is 236 g/mol. The van der Waals surface area contributed by atoms with Crippen LogP contribution < -0.4 is 4.74 Å². The molecular formula is C16H24N2O. The van der Waals surface area contributed by atoms with Gasteiger partial charge in [-0.3, -0.25) is 0 Å². The number of ether oxygens (including phenoxy) is 1. The fourth-order valence-corrected chi connectivity index (χ4v) is 2.09. The number of hydrogen-bond acceptors (Lipinski definition) is 3. The van der Waals surface area contributed by atoms with Crippen LogP contribution in [0, 0.1) is 25.2 Å². The molecule has 19 heavy (non-hydrogen) atoms. The molecule has 0 aliphatic rings. The summed E-state index contributed by atoms with van der Waals surface area (Å²) in [6.45, 7) is 6.20. The zero-order chi connectivity index (χ0) is 14.3. The van der Waals surface area contributed by atoms with Gasteiger partial charge in [-0.05, 0) is 63.0 Å². The zero-order valence-electron chi connectivity index (χ0n) is 12.5. The van der Waals surface area contributed by atoms with E-state index in [1.54, 1.807) is 7.11 Å². The van der Waals surface area contributed by atoms with Crippen LogP contribution in [0.15, 0.2) is 12.1 Å². The minimum atomic E-state index is 0.636. The number of hydrogen-bond donors (Lipinski definition) is 0. The van der Waals surface area contributed by atoms with E-state index in [1.165, 1.54) is 16.7 Å². The SMILES string of the molecule is COc1cc(C)c(C)cc1CCN(C)CCCC#N. The molecule has 0 aliphatic heterocycles. The summed E-state index contributed by atoms with van der Waals surface area (Å²) in [5.41, 5.74) is 3.84. The number of nitrogens with zero attached hydrogens (tertiary/aromatic N) is 2. The van der Waals surface area contributed by atoms with Gasteiger partial charge in [0.25, 0.3) is 0 Å². The van der Waals surface area contributed by atoms with E-state index in [4.69, 9.17) is 10.00 Å². The van der Waals surface area contributed by atoms with Gasteiger partial charge < -0.3 is 9.64 Å². The van der Waals surface area contributed by atoms with Crippen molar-refractivity contribution in [1.82, 2.24) is 4.90 Å². The minimum Gasteiger partial charge on any atom is -0.496 e. The van der Waals surface area contributed by atoms with Crippen molar-refractivity contribution in [3.63, 3.8) is 0 Å². The third-order valence-corrected chi connectivity index (χ3v) is 3.49. The topological polar surface area (TPSA) is 36.3 Å². The van der Waals surface area contributed by atoms with Gasteiger partial charge in [0, 0.05) is 13.0 Å². The van der Waals surface area contributed by atoms with Gasteiger partial charge in [-0.2, -0.15) is 5.26 Å². The van der Waals surface area contributed by atoms with E-state index >= 15 is 0 Å². The molecule has 0 atom stereocenters. The first-order chi connectivity index (χ1) is 9.08. The summed E-state index contributed by atoms with van der Waals surface area (Å²) in [5.74, 6) is 0.980. The van der Waals surface area contributed by atoms with Crippen LogP contribution in [0.1, 0.15) is 29.5 Å². The molecule has 0 amide bonds. The Labute approximate surface area is 116 Å². The summed E-state index contributed by atoms with van der Waals surface area (Å²) in [6.07, 6.45) is 2.56. The van der Waals surface area contributed by atoms with Crippen LogP contribution in [0.2, 0.25) is 0 Å². The van der Waals surface area contributed by atoms with E-state index in [9.17, 15) is 0 Å². The van der Waals surface area contributed by atoms with Gasteiger partial charge >= 0.3 is 0 Å². The van der Waals surface area contributed by atoms with Crippen LogP contribution in [0.4, 0.5) is 0 Å². The maximum atomic E-state index is 8.53. The number of methoxy groups -OCH3 is 1. The lowest BCUT2D eigenvalue weighted by Gasteiger charge is -2.17. The lowest BCUT2D eigenvalue weighted by atomic mass is 10.0. The first-order valence-electron chi connectivity index (χ1n) is 6.78. The maximum Gasteiger partial charge on any atom is 0.122 e. The molecule has 0 saturated carbocycles. The molecule has 1 aromatic carbocycles. The van der Waals surface area contributed by atoms with Crippen LogP contribution in [0.25, 0.3) is 0 Å². The Morgan fingerprint density at radius 2 is 1.89 bits per heavy atom. The second kappa shape index (κ2) is 7.81. The molecule has 0 aliphatic carbocycles. The van der Waals surface area contributed by atoms with Gasteiger partial charge in [-0.15, -0.1) is 0 Å². The Morgan fingerprint density at radius 1 is 1.21 bits per heavy atom. The Hall–Kier alpha value is -1.53. The second-order valence-corrected chi connectivity index (χ2v) is 5.06. The third kappa shape index (κ3) is 4.92. The largest absolute Gasteiger partial charge is 0.496 e. The fraction of sp³-hybridized carbons (Fsp3) is 0.562. The van der Waals surface area contributed by atoms with E-state index in [1.807, 2.05) is 0 Å². The molecule has 0 spiro atoms. The standard InChI is InChI=1S/C16H24N2O/c1-13-11-15(16(19-4)12-14(13)2)7-10-18(3)9-6-5-8-17/h11-12H,5-7,9-10H2,1-4H3. The zero-order valence-corrected chi connectivity index (χ0v) is 12.5. The van der Waals surface area contributed by atoms with E-state index in [-0.39, 0.29) is 0 Å². The van der Waals surface area contributed by atoms with Gasteiger partial charge in [0.05, 0.1) is 13.2 Å². The number of nitriles is 1. The van der Waals surface area contributed by atoms with Crippen LogP contribution in [-0.2, 0) is 6.42 Å². The van der Waals surface area contributed by atoms with Crippen molar-refractivity contribution in [2.75, 3.05) is 27.2 Å². The van der Waals surface area contributed by atoms with Crippen molar-refractivity contribution in [2.24, 2.45) is 0 Å². The van der Waals surface area contributed by atoms with Crippen LogP contribution >= 0.6 is 0 Å². The van der Waals surface area contributed by atoms with E-state index in [2.05, 4.69) is 44.0 Å². The predicted molar refractivity (Wildman–Crippen MR) is 78.5 cm³/mol. The molecule has 0 unspecified atom stereocenters. The lowest BCUT2D eigenvalue weighted by molar-refractivity contribution is 0.332. The number of unbranched alkanes of at least 4 members (excludes halogenated alkanes) is 1. The van der Waals surface area contributed by atoms with Gasteiger partial charge in [0.2, 0.25) is 0 Å². The molecule has 0 saturated heterocycles. The molecule has 1 rings (SSSR count). The average molecular weight is 260 g/mol. The van der Waals surface area contributed by atoms with Gasteiger partial charge in [-0.25, -0.2) is 0 Å². The molecule has 3 nitrogen and oxygen atoms in total. The number of rotatable bonds is 7. The van der Waals surface area contributed by atoms with Crippen molar-refractivity contribution in [2.45, 2.75) is 33.1 Å². The highest BCUT2D eigenvalue weighted by molar-refractivity contribution is 5.41. The Morgan fingerprint density at radius 3 is 2.53 bits per heavy atom. The molecule has 1 aromatic rings. The molecule has 0 radical (unpaired) electrons. The normalized spacial score (nSPS) is 10.5. The van der Waals surface area contributed by atoms with Crippen molar-refractivity contribution >= 4 is 0 Å². The summed E-state index contributed by atoms with van der Waals surface area (Å²) >= 11 is 0. The highest BCUT2D eigenvalue weighted by Crippen LogP contribution is 2.23. The van der Waals surface area contributed by atoms with Crippen LogP contribution in [0.3, 0.4) is 0 Å². The summed E-state index contributed by atoms with van der Waals surface area (Å²) in [7, 11) is 3.83. The van der Waals surface area contributed by atoms with Gasteiger partial charge in [0.1, 0.15) is 5.75 Å². The lowest BCUT2D eigenvalue weighted by Crippen LogP contribution is -2.22. The molecule has 0 fully saturated rings. The van der Waals surface area contributed by atoms with E-state index < -0.39 is 0 Å². The molecule has 0 aromatic heterocycles. The summed E-state index contributed by atoms with van der Waals surface area (Å²) < 4.78 is 5.45. The monoisotopic (exact) mass is 260 g/mol. The fourth-order valence-electron chi connectivity index (χ4n) is 2.09. The first kappa shape index (κ1) is 15.5. The smallest absolute Gasteiger partial charge is 0.122 e. The average Bonchev–Trinajstić information content (AvgIpc) is 2.40.